The van der Waals surface area contributed by atoms with Crippen LogP contribution in [0, 0.1) is 0 Å². The van der Waals surface area contributed by atoms with E-state index >= 15 is 0 Å². The van der Waals surface area contributed by atoms with Crippen LogP contribution in [0.15, 0.2) is 0 Å². The van der Waals surface area contributed by atoms with Crippen LogP contribution >= 0.6 is 0 Å². The van der Waals surface area contributed by atoms with E-state index in [1.807, 2.05) is 28.2 Å². The van der Waals surface area contributed by atoms with Gasteiger partial charge in [-0.25, -0.2) is 0 Å². The highest BCUT2D eigenvalue weighted by Crippen LogP contribution is 2.04. The summed E-state index contributed by atoms with van der Waals surface area (Å²) in [6.07, 6.45) is 2.03. The van der Waals surface area contributed by atoms with Gasteiger partial charge in [0.05, 0.1) is 13.2 Å². The molecule has 0 aromatic carbocycles. The summed E-state index contributed by atoms with van der Waals surface area (Å²) in [5, 5.41) is 0. The Bertz CT molecular complexity index is 138. The van der Waals surface area contributed by atoms with E-state index in [1.54, 1.807) is 0 Å². The van der Waals surface area contributed by atoms with Gasteiger partial charge in [-0.3, -0.25) is 0 Å². The van der Waals surface area contributed by atoms with Crippen molar-refractivity contribution in [3.63, 3.8) is 0 Å². The fourth-order valence-electron chi connectivity index (χ4n) is 1.18. The lowest BCUT2D eigenvalue weighted by Gasteiger charge is -2.20. The summed E-state index contributed by atoms with van der Waals surface area (Å²) in [6, 6.07) is 0. The second-order valence-corrected chi connectivity index (χ2v) is 4.57. The zero-order valence-electron chi connectivity index (χ0n) is 11.5. The highest BCUT2D eigenvalue weighted by atomic mass is 16.7. The van der Waals surface area contributed by atoms with Gasteiger partial charge in [-0.05, 0) is 34.6 Å². The number of hydrogen-bond acceptors (Lipinski definition) is 4. The Kier molecular flexibility index (Phi) is 9.92. The molecule has 0 fully saturated rings. The van der Waals surface area contributed by atoms with Crippen molar-refractivity contribution in [2.45, 2.75) is 26.1 Å². The zero-order chi connectivity index (χ0) is 12.4. The Hall–Kier alpha value is -0.160. The van der Waals surface area contributed by atoms with E-state index in [2.05, 4.69) is 16.7 Å². The van der Waals surface area contributed by atoms with Crippen LogP contribution in [0.25, 0.3) is 0 Å². The standard InChI is InChI=1S/C12H28N2O2/c1-6-7-12(15-10-8-13(2)3)16-11-9-14(4)5/h12H,6-11H2,1-5H3. The van der Waals surface area contributed by atoms with Gasteiger partial charge in [-0.1, -0.05) is 13.3 Å². The molecule has 0 saturated heterocycles. The van der Waals surface area contributed by atoms with E-state index in [9.17, 15) is 0 Å². The van der Waals surface area contributed by atoms with Gasteiger partial charge in [0.25, 0.3) is 0 Å². The molecular formula is C12H28N2O2. The molecule has 16 heavy (non-hydrogen) atoms. The second-order valence-electron chi connectivity index (χ2n) is 4.57. The van der Waals surface area contributed by atoms with Crippen LogP contribution in [-0.2, 0) is 9.47 Å². The van der Waals surface area contributed by atoms with Crippen LogP contribution in [0.4, 0.5) is 0 Å². The second kappa shape index (κ2) is 10.0. The Morgan fingerprint density at radius 1 is 0.875 bits per heavy atom. The summed E-state index contributed by atoms with van der Waals surface area (Å²) in [6.45, 7) is 5.51. The fourth-order valence-corrected chi connectivity index (χ4v) is 1.18. The molecule has 0 N–H and O–H groups in total. The summed E-state index contributed by atoms with van der Waals surface area (Å²) in [5.74, 6) is 0. The van der Waals surface area contributed by atoms with Crippen molar-refractivity contribution in [1.82, 2.24) is 9.80 Å². The van der Waals surface area contributed by atoms with Crippen LogP contribution in [0.5, 0.6) is 0 Å². The molecule has 0 atom stereocenters. The number of ether oxygens (including phenoxy) is 2. The first kappa shape index (κ1) is 15.8. The summed E-state index contributed by atoms with van der Waals surface area (Å²) in [4.78, 5) is 4.23. The van der Waals surface area contributed by atoms with Crippen LogP contribution in [0.2, 0.25) is 0 Å². The van der Waals surface area contributed by atoms with E-state index in [1.165, 1.54) is 0 Å². The van der Waals surface area contributed by atoms with Gasteiger partial charge in [0.2, 0.25) is 0 Å². The number of hydrogen-bond donors (Lipinski definition) is 0. The lowest BCUT2D eigenvalue weighted by atomic mass is 10.3. The topological polar surface area (TPSA) is 24.9 Å². The van der Waals surface area contributed by atoms with Crippen molar-refractivity contribution in [3.8, 4) is 0 Å². The van der Waals surface area contributed by atoms with Crippen molar-refractivity contribution in [2.75, 3.05) is 54.5 Å². The van der Waals surface area contributed by atoms with E-state index in [-0.39, 0.29) is 6.29 Å². The first-order chi connectivity index (χ1) is 7.56. The molecule has 0 aliphatic rings. The SMILES string of the molecule is CCCC(OCCN(C)C)OCCN(C)C. The average Bonchev–Trinajstić information content (AvgIpc) is 2.16. The fraction of sp³-hybridized carbons (Fsp3) is 1.00. The zero-order valence-corrected chi connectivity index (χ0v) is 11.5. The molecule has 0 heterocycles. The van der Waals surface area contributed by atoms with Gasteiger partial charge < -0.3 is 19.3 Å². The molecule has 0 aliphatic heterocycles. The van der Waals surface area contributed by atoms with Gasteiger partial charge >= 0.3 is 0 Å². The number of rotatable bonds is 10. The minimum atomic E-state index is -0.0371. The third-order valence-corrected chi connectivity index (χ3v) is 2.21. The molecule has 98 valence electrons. The number of nitrogens with zero attached hydrogens (tertiary/aromatic N) is 2. The molecular weight excluding hydrogens is 204 g/mol. The normalized spacial score (nSPS) is 12.0. The van der Waals surface area contributed by atoms with Crippen LogP contribution in [0.3, 0.4) is 0 Å². The van der Waals surface area contributed by atoms with Crippen molar-refractivity contribution in [3.05, 3.63) is 0 Å². The predicted octanol–water partition coefficient (Wildman–Crippen LogP) is 1.27. The Labute approximate surface area is 101 Å². The maximum atomic E-state index is 5.69. The van der Waals surface area contributed by atoms with Gasteiger partial charge in [-0.15, -0.1) is 0 Å². The smallest absolute Gasteiger partial charge is 0.157 e. The highest BCUT2D eigenvalue weighted by Gasteiger charge is 2.08. The molecule has 0 aliphatic carbocycles. The summed E-state index contributed by atoms with van der Waals surface area (Å²) < 4.78 is 11.4. The molecule has 0 bridgehead atoms. The molecule has 0 aromatic rings. The Morgan fingerprint density at radius 3 is 1.62 bits per heavy atom. The molecule has 4 heteroatoms. The van der Waals surface area contributed by atoms with Gasteiger partial charge in [0.15, 0.2) is 6.29 Å². The summed E-state index contributed by atoms with van der Waals surface area (Å²) in [7, 11) is 8.19. The lowest BCUT2D eigenvalue weighted by molar-refractivity contribution is -0.148. The van der Waals surface area contributed by atoms with E-state index in [0.29, 0.717) is 0 Å². The van der Waals surface area contributed by atoms with Crippen LogP contribution in [0.1, 0.15) is 19.8 Å². The van der Waals surface area contributed by atoms with Crippen molar-refractivity contribution in [2.24, 2.45) is 0 Å². The first-order valence-corrected chi connectivity index (χ1v) is 6.09. The average molecular weight is 232 g/mol. The molecule has 0 spiro atoms. The highest BCUT2D eigenvalue weighted by molar-refractivity contribution is 4.48. The largest absolute Gasteiger partial charge is 0.351 e. The molecule has 0 saturated carbocycles. The molecule has 0 amide bonds. The molecule has 0 aromatic heterocycles. The predicted molar refractivity (Wildman–Crippen MR) is 67.7 cm³/mol. The van der Waals surface area contributed by atoms with Crippen LogP contribution in [-0.4, -0.2) is 70.6 Å². The molecule has 4 nitrogen and oxygen atoms in total. The third kappa shape index (κ3) is 10.4. The summed E-state index contributed by atoms with van der Waals surface area (Å²) in [5.41, 5.74) is 0. The van der Waals surface area contributed by atoms with Gasteiger partial charge in [0.1, 0.15) is 0 Å². The monoisotopic (exact) mass is 232 g/mol. The summed E-state index contributed by atoms with van der Waals surface area (Å²) >= 11 is 0. The van der Waals surface area contributed by atoms with E-state index in [0.717, 1.165) is 39.1 Å². The maximum Gasteiger partial charge on any atom is 0.157 e. The molecule has 0 radical (unpaired) electrons. The molecule has 0 unspecified atom stereocenters. The van der Waals surface area contributed by atoms with Crippen molar-refractivity contribution >= 4 is 0 Å². The Balaban J connectivity index is 3.61. The van der Waals surface area contributed by atoms with Gasteiger partial charge in [0, 0.05) is 13.1 Å². The molecule has 0 rings (SSSR count). The first-order valence-electron chi connectivity index (χ1n) is 6.09. The quantitative estimate of drug-likeness (QED) is 0.530. The van der Waals surface area contributed by atoms with Crippen molar-refractivity contribution < 1.29 is 9.47 Å². The van der Waals surface area contributed by atoms with Crippen molar-refractivity contribution in [1.29, 1.82) is 0 Å². The van der Waals surface area contributed by atoms with Gasteiger partial charge in [-0.2, -0.15) is 0 Å². The number of likely N-dealkylation sites (N-methyl/N-ethyl adjacent to an activating group) is 2. The lowest BCUT2D eigenvalue weighted by Crippen LogP contribution is -2.27. The minimum absolute atomic E-state index is 0.0371. The van der Waals surface area contributed by atoms with E-state index in [4.69, 9.17) is 9.47 Å². The van der Waals surface area contributed by atoms with Crippen LogP contribution < -0.4 is 0 Å². The minimum Gasteiger partial charge on any atom is -0.351 e. The van der Waals surface area contributed by atoms with E-state index < -0.39 is 0 Å². The third-order valence-electron chi connectivity index (χ3n) is 2.21. The Morgan fingerprint density at radius 2 is 1.31 bits per heavy atom. The maximum absolute atomic E-state index is 5.69.